The predicted molar refractivity (Wildman–Crippen MR) is 77.2 cm³/mol. The zero-order chi connectivity index (χ0) is 14.0. The number of aromatic nitrogens is 1. The van der Waals surface area contributed by atoms with Crippen molar-refractivity contribution in [3.63, 3.8) is 0 Å². The molecule has 0 bridgehead atoms. The summed E-state index contributed by atoms with van der Waals surface area (Å²) >= 11 is 0. The molecule has 0 spiro atoms. The van der Waals surface area contributed by atoms with Gasteiger partial charge in [0.15, 0.2) is 0 Å². The Morgan fingerprint density at radius 3 is 2.21 bits per heavy atom. The Morgan fingerprint density at radius 1 is 1.00 bits per heavy atom. The van der Waals surface area contributed by atoms with Crippen molar-refractivity contribution >= 4 is 5.91 Å². The highest BCUT2D eigenvalue weighted by Gasteiger charge is 2.10. The average Bonchev–Trinajstić information content (AvgIpc) is 2.36. The number of carbonyl (C=O) groups excluding carboxylic acids is 1. The highest BCUT2D eigenvalue weighted by Crippen LogP contribution is 2.22. The molecular formula is C16H18N2O. The summed E-state index contributed by atoms with van der Waals surface area (Å²) in [6, 6.07) is 10.1. The Kier molecular flexibility index (Phi) is 3.65. The van der Waals surface area contributed by atoms with Crippen LogP contribution in [0.4, 0.5) is 0 Å². The molecule has 3 nitrogen and oxygen atoms in total. The van der Waals surface area contributed by atoms with Crippen LogP contribution in [0.5, 0.6) is 0 Å². The molecule has 0 aliphatic carbocycles. The number of aryl methyl sites for hydroxylation is 2. The number of pyridine rings is 1. The maximum atomic E-state index is 11.9. The third kappa shape index (κ3) is 2.99. The molecule has 0 unspecified atom stereocenters. The van der Waals surface area contributed by atoms with E-state index >= 15 is 0 Å². The molecule has 0 N–H and O–H groups in total. The normalized spacial score (nSPS) is 10.3. The van der Waals surface area contributed by atoms with Crippen LogP contribution in [-0.2, 0) is 0 Å². The van der Waals surface area contributed by atoms with Crippen molar-refractivity contribution in [2.24, 2.45) is 0 Å². The monoisotopic (exact) mass is 254 g/mol. The summed E-state index contributed by atoms with van der Waals surface area (Å²) in [5, 5.41) is 0. The highest BCUT2D eigenvalue weighted by atomic mass is 16.2. The summed E-state index contributed by atoms with van der Waals surface area (Å²) in [6.07, 6.45) is 1.68. The third-order valence-electron chi connectivity index (χ3n) is 2.94. The number of nitrogens with zero attached hydrogens (tertiary/aromatic N) is 2. The van der Waals surface area contributed by atoms with Gasteiger partial charge in [0, 0.05) is 20.3 Å². The molecule has 98 valence electrons. The van der Waals surface area contributed by atoms with E-state index in [1.807, 2.05) is 12.1 Å². The number of amides is 1. The Balaban J connectivity index is 2.46. The molecule has 0 aliphatic heterocycles. The summed E-state index contributed by atoms with van der Waals surface area (Å²) in [5.41, 5.74) is 5.04. The van der Waals surface area contributed by atoms with Gasteiger partial charge >= 0.3 is 0 Å². The second-order valence-electron chi connectivity index (χ2n) is 5.01. The molecule has 1 aromatic carbocycles. The van der Waals surface area contributed by atoms with Gasteiger partial charge in [-0.2, -0.15) is 0 Å². The number of hydrogen-bond donors (Lipinski definition) is 0. The van der Waals surface area contributed by atoms with Crippen LogP contribution >= 0.6 is 0 Å². The Morgan fingerprint density at radius 2 is 1.63 bits per heavy atom. The minimum absolute atomic E-state index is 0.0776. The van der Waals surface area contributed by atoms with Crippen LogP contribution in [0.1, 0.15) is 21.6 Å². The molecule has 0 aliphatic rings. The summed E-state index contributed by atoms with van der Waals surface area (Å²) in [7, 11) is 3.46. The lowest BCUT2D eigenvalue weighted by molar-refractivity contribution is 0.0822. The van der Waals surface area contributed by atoms with Crippen molar-refractivity contribution in [2.75, 3.05) is 14.1 Å². The molecule has 2 aromatic rings. The topological polar surface area (TPSA) is 33.2 Å². The molecule has 0 radical (unpaired) electrons. The molecule has 0 saturated heterocycles. The van der Waals surface area contributed by atoms with Crippen LogP contribution in [-0.4, -0.2) is 29.9 Å². The maximum Gasteiger partial charge on any atom is 0.271 e. The summed E-state index contributed by atoms with van der Waals surface area (Å²) in [6.45, 7) is 4.15. The van der Waals surface area contributed by atoms with Crippen molar-refractivity contribution in [1.82, 2.24) is 9.88 Å². The molecule has 1 heterocycles. The average molecular weight is 254 g/mol. The first-order valence-electron chi connectivity index (χ1n) is 6.24. The van der Waals surface area contributed by atoms with Gasteiger partial charge in [0.1, 0.15) is 5.69 Å². The molecular weight excluding hydrogens is 236 g/mol. The van der Waals surface area contributed by atoms with Gasteiger partial charge in [-0.15, -0.1) is 0 Å². The lowest BCUT2D eigenvalue weighted by atomic mass is 10.0. The van der Waals surface area contributed by atoms with Gasteiger partial charge in [0.05, 0.1) is 0 Å². The first-order chi connectivity index (χ1) is 8.97. The van der Waals surface area contributed by atoms with E-state index in [9.17, 15) is 4.79 Å². The van der Waals surface area contributed by atoms with E-state index in [4.69, 9.17) is 0 Å². The van der Waals surface area contributed by atoms with E-state index in [2.05, 4.69) is 37.0 Å². The predicted octanol–water partition coefficient (Wildman–Crippen LogP) is 3.07. The second-order valence-corrected chi connectivity index (χ2v) is 5.01. The van der Waals surface area contributed by atoms with Gasteiger partial charge < -0.3 is 4.90 Å². The van der Waals surface area contributed by atoms with E-state index in [1.54, 1.807) is 20.3 Å². The SMILES string of the molecule is Cc1cc(C)cc(-c2ccnc(C(=O)N(C)C)c2)c1. The summed E-state index contributed by atoms with van der Waals surface area (Å²) in [5.74, 6) is -0.0776. The molecule has 0 saturated carbocycles. The van der Waals surface area contributed by atoms with Crippen LogP contribution in [0.2, 0.25) is 0 Å². The molecule has 0 atom stereocenters. The van der Waals surface area contributed by atoms with E-state index in [-0.39, 0.29) is 5.91 Å². The number of rotatable bonds is 2. The van der Waals surface area contributed by atoms with Crippen molar-refractivity contribution in [3.8, 4) is 11.1 Å². The zero-order valence-electron chi connectivity index (χ0n) is 11.8. The Bertz CT molecular complexity index is 598. The lowest BCUT2D eigenvalue weighted by Crippen LogP contribution is -2.22. The van der Waals surface area contributed by atoms with Crippen LogP contribution < -0.4 is 0 Å². The summed E-state index contributed by atoms with van der Waals surface area (Å²) in [4.78, 5) is 17.6. The Labute approximate surface area is 113 Å². The fourth-order valence-electron chi connectivity index (χ4n) is 2.10. The van der Waals surface area contributed by atoms with Crippen molar-refractivity contribution in [2.45, 2.75) is 13.8 Å². The number of carbonyl (C=O) groups is 1. The molecule has 19 heavy (non-hydrogen) atoms. The van der Waals surface area contributed by atoms with E-state index in [0.717, 1.165) is 11.1 Å². The van der Waals surface area contributed by atoms with Crippen molar-refractivity contribution in [3.05, 3.63) is 53.3 Å². The molecule has 3 heteroatoms. The van der Waals surface area contributed by atoms with Crippen molar-refractivity contribution < 1.29 is 4.79 Å². The molecule has 1 amide bonds. The zero-order valence-corrected chi connectivity index (χ0v) is 11.8. The standard InChI is InChI=1S/C16H18N2O/c1-11-7-12(2)9-14(8-11)13-5-6-17-15(10-13)16(19)18(3)4/h5-10H,1-4H3. The van der Waals surface area contributed by atoms with E-state index < -0.39 is 0 Å². The van der Waals surface area contributed by atoms with E-state index in [1.165, 1.54) is 16.0 Å². The van der Waals surface area contributed by atoms with Gasteiger partial charge in [-0.05, 0) is 37.1 Å². The number of hydrogen-bond acceptors (Lipinski definition) is 2. The fourth-order valence-corrected chi connectivity index (χ4v) is 2.10. The quantitative estimate of drug-likeness (QED) is 0.825. The van der Waals surface area contributed by atoms with Gasteiger partial charge in [0.25, 0.3) is 5.91 Å². The molecule has 1 aromatic heterocycles. The van der Waals surface area contributed by atoms with Crippen LogP contribution in [0.25, 0.3) is 11.1 Å². The van der Waals surface area contributed by atoms with Gasteiger partial charge in [-0.25, -0.2) is 0 Å². The number of benzene rings is 1. The van der Waals surface area contributed by atoms with Crippen molar-refractivity contribution in [1.29, 1.82) is 0 Å². The maximum absolute atomic E-state index is 11.9. The van der Waals surface area contributed by atoms with Crippen LogP contribution in [0, 0.1) is 13.8 Å². The molecule has 2 rings (SSSR count). The van der Waals surface area contributed by atoms with Crippen LogP contribution in [0.15, 0.2) is 36.5 Å². The van der Waals surface area contributed by atoms with Gasteiger partial charge in [0.2, 0.25) is 0 Å². The smallest absolute Gasteiger partial charge is 0.271 e. The van der Waals surface area contributed by atoms with Gasteiger partial charge in [-0.1, -0.05) is 29.3 Å². The highest BCUT2D eigenvalue weighted by molar-refractivity contribution is 5.93. The van der Waals surface area contributed by atoms with Gasteiger partial charge in [-0.3, -0.25) is 9.78 Å². The molecule has 0 fully saturated rings. The first-order valence-corrected chi connectivity index (χ1v) is 6.24. The van der Waals surface area contributed by atoms with Crippen LogP contribution in [0.3, 0.4) is 0 Å². The fraction of sp³-hybridized carbons (Fsp3) is 0.250. The first kappa shape index (κ1) is 13.3. The minimum atomic E-state index is -0.0776. The summed E-state index contributed by atoms with van der Waals surface area (Å²) < 4.78 is 0. The van der Waals surface area contributed by atoms with E-state index in [0.29, 0.717) is 5.69 Å². The lowest BCUT2D eigenvalue weighted by Gasteiger charge is -2.11. The largest absolute Gasteiger partial charge is 0.343 e. The third-order valence-corrected chi connectivity index (χ3v) is 2.94. The minimum Gasteiger partial charge on any atom is -0.343 e. The Hall–Kier alpha value is -2.16. The second kappa shape index (κ2) is 5.22.